The Morgan fingerprint density at radius 2 is 1.62 bits per heavy atom. The lowest BCUT2D eigenvalue weighted by molar-refractivity contribution is -0.133. The summed E-state index contributed by atoms with van der Waals surface area (Å²) in [4.78, 5) is 47.3. The number of carbonyl (C=O) groups is 2. The van der Waals surface area contributed by atoms with Gasteiger partial charge in [-0.2, -0.15) is 0 Å². The van der Waals surface area contributed by atoms with E-state index in [0.717, 1.165) is 17.1 Å². The van der Waals surface area contributed by atoms with Crippen LogP contribution in [0.15, 0.2) is 64.2 Å². The van der Waals surface area contributed by atoms with Crippen LogP contribution >= 0.6 is 11.5 Å². The number of nitrogens with zero attached hydrogens (tertiary/aromatic N) is 2. The number of Topliss-reactive ketones (excluding diaryl/α,β-unsaturated/α-hetero) is 1. The molecule has 152 valence electrons. The Hall–Kier alpha value is -3.30. The lowest BCUT2D eigenvalue weighted by Gasteiger charge is -2.04. The van der Waals surface area contributed by atoms with Crippen molar-refractivity contribution < 1.29 is 14.8 Å². The highest BCUT2D eigenvalue weighted by molar-refractivity contribution is 7.03. The van der Waals surface area contributed by atoms with E-state index in [1.165, 1.54) is 14.0 Å². The maximum absolute atomic E-state index is 12.6. The van der Waals surface area contributed by atoms with Crippen molar-refractivity contribution in [3.8, 4) is 5.69 Å². The van der Waals surface area contributed by atoms with Gasteiger partial charge in [-0.05, 0) is 23.3 Å². The van der Waals surface area contributed by atoms with Crippen molar-refractivity contribution in [2.45, 2.75) is 26.8 Å². The molecule has 0 unspecified atom stereocenters. The van der Waals surface area contributed by atoms with E-state index in [4.69, 9.17) is 5.21 Å². The summed E-state index contributed by atoms with van der Waals surface area (Å²) in [6, 6.07) is 15.8. The number of ketones is 1. The van der Waals surface area contributed by atoms with Gasteiger partial charge in [-0.1, -0.05) is 49.9 Å². The molecule has 0 aliphatic carbocycles. The van der Waals surface area contributed by atoms with Gasteiger partial charge >= 0.3 is 10.6 Å². The van der Waals surface area contributed by atoms with Crippen LogP contribution in [0.3, 0.4) is 0 Å². The predicted molar refractivity (Wildman–Crippen MR) is 110 cm³/mol. The first-order valence-corrected chi connectivity index (χ1v) is 9.16. The Kier molecular flexibility index (Phi) is 7.40. The summed E-state index contributed by atoms with van der Waals surface area (Å²) >= 11 is 0.808. The van der Waals surface area contributed by atoms with Crippen LogP contribution in [0.5, 0.6) is 0 Å². The van der Waals surface area contributed by atoms with Crippen molar-refractivity contribution in [1.82, 2.24) is 14.0 Å². The van der Waals surface area contributed by atoms with Crippen LogP contribution in [-0.4, -0.2) is 25.4 Å². The Bertz CT molecular complexity index is 1100. The minimum Gasteiger partial charge on any atom is -0.299 e. The van der Waals surface area contributed by atoms with E-state index in [0.29, 0.717) is 11.3 Å². The first-order chi connectivity index (χ1) is 13.5. The minimum atomic E-state index is -0.766. The summed E-state index contributed by atoms with van der Waals surface area (Å²) in [5.74, 6) is -1.12. The van der Waals surface area contributed by atoms with Crippen LogP contribution in [0.2, 0.25) is 0 Å². The molecule has 0 spiro atoms. The molecule has 1 amide bonds. The standard InChI is InChI=1S/C19H17N3O5S.CH4/c23-16(11-17(24)20-27)10-13-6-8-15(9-7-13)22-18(25)21(19(26)28-22)12-14-4-2-1-3-5-14;/h1-9,27H,10-12H2,(H,20,24);1H4. The van der Waals surface area contributed by atoms with Crippen LogP contribution in [0.25, 0.3) is 5.69 Å². The summed E-state index contributed by atoms with van der Waals surface area (Å²) < 4.78 is 2.47. The highest BCUT2D eigenvalue weighted by Gasteiger charge is 2.13. The topological polar surface area (TPSA) is 110 Å². The third kappa shape index (κ3) is 5.37. The molecule has 2 aromatic carbocycles. The first kappa shape index (κ1) is 22.0. The van der Waals surface area contributed by atoms with E-state index in [-0.39, 0.29) is 31.0 Å². The van der Waals surface area contributed by atoms with Crippen molar-refractivity contribution in [3.63, 3.8) is 0 Å². The number of aromatic nitrogens is 2. The Morgan fingerprint density at radius 1 is 0.966 bits per heavy atom. The quantitative estimate of drug-likeness (QED) is 0.347. The molecule has 0 saturated heterocycles. The maximum Gasteiger partial charge on any atom is 0.346 e. The SMILES string of the molecule is C.O=C(CC(=O)NO)Cc1ccc(-n2sc(=O)n(Cc3ccccc3)c2=O)cc1. The summed E-state index contributed by atoms with van der Waals surface area (Å²) in [5.41, 5.74) is 3.01. The second-order valence-corrected chi connectivity index (χ2v) is 7.00. The van der Waals surface area contributed by atoms with E-state index < -0.39 is 18.0 Å². The molecule has 0 aliphatic rings. The van der Waals surface area contributed by atoms with Crippen molar-refractivity contribution in [2.24, 2.45) is 0 Å². The number of hydrogen-bond donors (Lipinski definition) is 2. The molecule has 29 heavy (non-hydrogen) atoms. The minimum absolute atomic E-state index is 0. The van der Waals surface area contributed by atoms with E-state index in [1.54, 1.807) is 24.3 Å². The van der Waals surface area contributed by atoms with Gasteiger partial charge in [0.1, 0.15) is 5.78 Å². The van der Waals surface area contributed by atoms with Gasteiger partial charge in [-0.25, -0.2) is 18.8 Å². The maximum atomic E-state index is 12.6. The highest BCUT2D eigenvalue weighted by atomic mass is 32.1. The van der Waals surface area contributed by atoms with Gasteiger partial charge in [-0.15, -0.1) is 0 Å². The Balaban J connectivity index is 0.00000300. The van der Waals surface area contributed by atoms with Crippen LogP contribution in [-0.2, 0) is 22.6 Å². The Morgan fingerprint density at radius 3 is 2.24 bits per heavy atom. The van der Waals surface area contributed by atoms with E-state index in [9.17, 15) is 19.2 Å². The number of carbonyl (C=O) groups excluding carboxylic acids is 2. The van der Waals surface area contributed by atoms with Crippen LogP contribution in [0, 0.1) is 0 Å². The van der Waals surface area contributed by atoms with Gasteiger partial charge < -0.3 is 0 Å². The second kappa shape index (κ2) is 9.76. The van der Waals surface area contributed by atoms with E-state index in [1.807, 2.05) is 30.3 Å². The smallest absolute Gasteiger partial charge is 0.299 e. The molecule has 1 heterocycles. The molecule has 0 saturated carbocycles. The molecule has 1 aromatic heterocycles. The molecule has 3 aromatic rings. The number of benzene rings is 2. The van der Waals surface area contributed by atoms with Gasteiger partial charge in [0.05, 0.1) is 18.7 Å². The van der Waals surface area contributed by atoms with Crippen LogP contribution in [0.4, 0.5) is 0 Å². The largest absolute Gasteiger partial charge is 0.346 e. The third-order valence-electron chi connectivity index (χ3n) is 4.03. The fourth-order valence-electron chi connectivity index (χ4n) is 2.67. The van der Waals surface area contributed by atoms with Gasteiger partial charge in [0, 0.05) is 18.0 Å². The monoisotopic (exact) mass is 415 g/mol. The molecule has 9 heteroatoms. The zero-order valence-electron chi connectivity index (χ0n) is 14.7. The molecular formula is C20H21N3O5S. The number of hydrogen-bond acceptors (Lipinski definition) is 6. The molecule has 0 atom stereocenters. The fourth-order valence-corrected chi connectivity index (χ4v) is 3.47. The van der Waals surface area contributed by atoms with Gasteiger partial charge in [-0.3, -0.25) is 19.6 Å². The molecule has 0 aliphatic heterocycles. The van der Waals surface area contributed by atoms with Crippen molar-refractivity contribution >= 4 is 23.2 Å². The molecule has 0 bridgehead atoms. The highest BCUT2D eigenvalue weighted by Crippen LogP contribution is 2.11. The molecule has 3 rings (SSSR count). The lowest BCUT2D eigenvalue weighted by atomic mass is 10.1. The molecule has 8 nitrogen and oxygen atoms in total. The van der Waals surface area contributed by atoms with Crippen molar-refractivity contribution in [2.75, 3.05) is 0 Å². The van der Waals surface area contributed by atoms with Crippen LogP contribution in [0.1, 0.15) is 25.0 Å². The number of hydroxylamine groups is 1. The average Bonchev–Trinajstić information content (AvgIpc) is 2.97. The number of amides is 1. The van der Waals surface area contributed by atoms with Gasteiger partial charge in [0.2, 0.25) is 0 Å². The second-order valence-electron chi connectivity index (χ2n) is 6.10. The molecular weight excluding hydrogens is 394 g/mol. The fraction of sp³-hybridized carbons (Fsp3) is 0.200. The van der Waals surface area contributed by atoms with Gasteiger partial charge in [0.15, 0.2) is 0 Å². The summed E-state index contributed by atoms with van der Waals surface area (Å²) in [5, 5.41) is 8.45. The summed E-state index contributed by atoms with van der Waals surface area (Å²) in [6.07, 6.45) is -0.393. The lowest BCUT2D eigenvalue weighted by Crippen LogP contribution is -2.28. The molecule has 2 N–H and O–H groups in total. The zero-order valence-corrected chi connectivity index (χ0v) is 15.5. The van der Waals surface area contributed by atoms with Crippen molar-refractivity contribution in [3.05, 3.63) is 85.9 Å². The normalized spacial score (nSPS) is 10.2. The molecule has 0 radical (unpaired) electrons. The average molecular weight is 415 g/mol. The molecule has 0 fully saturated rings. The van der Waals surface area contributed by atoms with E-state index >= 15 is 0 Å². The van der Waals surface area contributed by atoms with E-state index in [2.05, 4.69) is 0 Å². The summed E-state index contributed by atoms with van der Waals surface area (Å²) in [6.45, 7) is 0.196. The predicted octanol–water partition coefficient (Wildman–Crippen LogP) is 1.75. The first-order valence-electron chi connectivity index (χ1n) is 8.39. The summed E-state index contributed by atoms with van der Waals surface area (Å²) in [7, 11) is 0. The van der Waals surface area contributed by atoms with Crippen LogP contribution < -0.4 is 16.0 Å². The third-order valence-corrected chi connectivity index (χ3v) is 4.96. The van der Waals surface area contributed by atoms with Gasteiger partial charge in [0.25, 0.3) is 5.91 Å². The zero-order chi connectivity index (χ0) is 20.1. The van der Waals surface area contributed by atoms with Crippen molar-refractivity contribution in [1.29, 1.82) is 0 Å². The Labute approximate surface area is 170 Å². The number of rotatable bonds is 7. The number of nitrogens with one attached hydrogen (secondary N) is 1.